The largest absolute Gasteiger partial charge is 0.330 e. The number of nitrogens with one attached hydrogen (secondary N) is 3. The van der Waals surface area contributed by atoms with Crippen molar-refractivity contribution in [3.05, 3.63) is 42.4 Å². The molecule has 0 aromatic carbocycles. The second-order valence-corrected chi connectivity index (χ2v) is 5.41. The number of hydrazine groups is 1. The number of rotatable bonds is 7. The summed E-state index contributed by atoms with van der Waals surface area (Å²) in [7, 11) is 0. The number of urea groups is 1. The van der Waals surface area contributed by atoms with Crippen LogP contribution in [0.1, 0.15) is 30.1 Å². The number of carbonyl (C=O) groups is 4. The van der Waals surface area contributed by atoms with Gasteiger partial charge in [0.1, 0.15) is 0 Å². The molecule has 1 saturated heterocycles. The van der Waals surface area contributed by atoms with E-state index in [1.807, 2.05) is 6.92 Å². The van der Waals surface area contributed by atoms with Crippen molar-refractivity contribution in [2.75, 3.05) is 6.54 Å². The first-order valence-electron chi connectivity index (χ1n) is 7.77. The first-order valence-corrected chi connectivity index (χ1v) is 7.77. The number of hydrogen-bond acceptors (Lipinski definition) is 6. The van der Waals surface area contributed by atoms with Gasteiger partial charge in [-0.05, 0) is 18.6 Å². The van der Waals surface area contributed by atoms with E-state index in [-0.39, 0.29) is 12.2 Å². The quantitative estimate of drug-likeness (QED) is 0.484. The minimum absolute atomic E-state index is 0.0288. The highest BCUT2D eigenvalue weighted by Gasteiger charge is 2.41. The first kappa shape index (κ1) is 18.1. The lowest BCUT2D eigenvalue weighted by atomic mass is 10.0. The summed E-state index contributed by atoms with van der Waals surface area (Å²) < 4.78 is 0. The van der Waals surface area contributed by atoms with Crippen LogP contribution in [0.5, 0.6) is 0 Å². The topological polar surface area (TPSA) is 120 Å². The van der Waals surface area contributed by atoms with Crippen molar-refractivity contribution in [2.45, 2.75) is 19.8 Å². The average molecular weight is 345 g/mol. The molecule has 0 radical (unpaired) electrons. The molecule has 0 aliphatic carbocycles. The molecule has 1 aromatic rings. The highest BCUT2D eigenvalue weighted by Crippen LogP contribution is 2.16. The number of amides is 5. The maximum Gasteiger partial charge on any atom is 0.330 e. The lowest BCUT2D eigenvalue weighted by molar-refractivity contribution is -0.141. The van der Waals surface area contributed by atoms with Crippen LogP contribution in [0.25, 0.3) is 0 Å². The van der Waals surface area contributed by atoms with E-state index in [2.05, 4.69) is 27.7 Å². The highest BCUT2D eigenvalue weighted by atomic mass is 16.2. The SMILES string of the molecule is C=C(NNC(=O)c1ccncc1)[C@H]1C(=O)NC(=O)N(CCCC)C1=O. The van der Waals surface area contributed by atoms with Crippen molar-refractivity contribution in [3.8, 4) is 0 Å². The van der Waals surface area contributed by atoms with E-state index in [4.69, 9.17) is 0 Å². The normalized spacial score (nSPS) is 17.1. The summed E-state index contributed by atoms with van der Waals surface area (Å²) in [6.45, 7) is 5.76. The predicted molar refractivity (Wildman–Crippen MR) is 87.6 cm³/mol. The molecule has 0 unspecified atom stereocenters. The van der Waals surface area contributed by atoms with Crippen LogP contribution in [0.4, 0.5) is 4.79 Å². The van der Waals surface area contributed by atoms with Crippen LogP contribution in [-0.4, -0.2) is 40.2 Å². The van der Waals surface area contributed by atoms with E-state index in [0.29, 0.717) is 12.0 Å². The zero-order valence-corrected chi connectivity index (χ0v) is 13.7. The molecule has 3 N–H and O–H groups in total. The molecule has 0 bridgehead atoms. The number of hydrogen-bond donors (Lipinski definition) is 3. The molecule has 9 nitrogen and oxygen atoms in total. The Morgan fingerprint density at radius 3 is 2.60 bits per heavy atom. The maximum atomic E-state index is 12.4. The number of imide groups is 2. The molecular formula is C16H19N5O4. The Morgan fingerprint density at radius 2 is 1.96 bits per heavy atom. The summed E-state index contributed by atoms with van der Waals surface area (Å²) in [5.74, 6) is -3.23. The Balaban J connectivity index is 2.01. The van der Waals surface area contributed by atoms with Gasteiger partial charge in [0, 0.05) is 30.2 Å². The number of barbiturate groups is 1. The fourth-order valence-electron chi connectivity index (χ4n) is 2.23. The Kier molecular flexibility index (Phi) is 5.83. The fourth-order valence-corrected chi connectivity index (χ4v) is 2.23. The lowest BCUT2D eigenvalue weighted by Gasteiger charge is -2.31. The standard InChI is InChI=1S/C16H19N5O4/c1-3-4-9-21-15(24)12(14(23)18-16(21)25)10(2)19-20-13(22)11-5-7-17-8-6-11/h5-8,12,19H,2-4,9H2,1H3,(H,20,22)(H,18,23,25)/t12-/m0/s1. The Hall–Kier alpha value is -3.23. The van der Waals surface area contributed by atoms with Gasteiger partial charge in [0.15, 0.2) is 5.92 Å². The van der Waals surface area contributed by atoms with Crippen molar-refractivity contribution in [3.63, 3.8) is 0 Å². The van der Waals surface area contributed by atoms with Crippen molar-refractivity contribution in [2.24, 2.45) is 5.92 Å². The molecule has 9 heteroatoms. The van der Waals surface area contributed by atoms with Crippen LogP contribution in [0.3, 0.4) is 0 Å². The van der Waals surface area contributed by atoms with E-state index in [0.717, 1.165) is 11.3 Å². The number of pyridine rings is 1. The van der Waals surface area contributed by atoms with Crippen LogP contribution >= 0.6 is 0 Å². The van der Waals surface area contributed by atoms with Gasteiger partial charge in [-0.25, -0.2) is 4.79 Å². The Morgan fingerprint density at radius 1 is 1.28 bits per heavy atom. The summed E-state index contributed by atoms with van der Waals surface area (Å²) in [4.78, 5) is 53.0. The van der Waals surface area contributed by atoms with Crippen molar-refractivity contribution < 1.29 is 19.2 Å². The first-order chi connectivity index (χ1) is 12.0. The molecule has 1 aromatic heterocycles. The summed E-state index contributed by atoms with van der Waals surface area (Å²) in [5.41, 5.74) is 5.14. The third kappa shape index (κ3) is 4.19. The summed E-state index contributed by atoms with van der Waals surface area (Å²) in [5, 5.41) is 2.12. The van der Waals surface area contributed by atoms with Gasteiger partial charge < -0.3 is 5.43 Å². The summed E-state index contributed by atoms with van der Waals surface area (Å²) >= 11 is 0. The van der Waals surface area contributed by atoms with Crippen molar-refractivity contribution in [1.82, 2.24) is 26.1 Å². The van der Waals surface area contributed by atoms with Crippen LogP contribution in [0, 0.1) is 5.92 Å². The third-order valence-corrected chi connectivity index (χ3v) is 3.61. The van der Waals surface area contributed by atoms with Crippen molar-refractivity contribution in [1.29, 1.82) is 0 Å². The van der Waals surface area contributed by atoms with Crippen LogP contribution in [0.2, 0.25) is 0 Å². The minimum atomic E-state index is -1.30. The van der Waals surface area contributed by atoms with E-state index < -0.39 is 29.7 Å². The highest BCUT2D eigenvalue weighted by molar-refractivity contribution is 6.17. The Labute approximate surface area is 144 Å². The molecule has 0 saturated carbocycles. The zero-order valence-electron chi connectivity index (χ0n) is 13.7. The average Bonchev–Trinajstić information content (AvgIpc) is 2.60. The van der Waals surface area contributed by atoms with Crippen LogP contribution in [-0.2, 0) is 9.59 Å². The monoisotopic (exact) mass is 345 g/mol. The number of carbonyl (C=O) groups excluding carboxylic acids is 4. The molecule has 132 valence electrons. The Bertz CT molecular complexity index is 704. The second-order valence-electron chi connectivity index (χ2n) is 5.41. The smallest absolute Gasteiger partial charge is 0.302 e. The minimum Gasteiger partial charge on any atom is -0.302 e. The predicted octanol–water partition coefficient (Wildman–Crippen LogP) is 0.324. The van der Waals surface area contributed by atoms with Crippen LogP contribution in [0.15, 0.2) is 36.8 Å². The van der Waals surface area contributed by atoms with Crippen LogP contribution < -0.4 is 16.2 Å². The van der Waals surface area contributed by atoms with E-state index in [9.17, 15) is 19.2 Å². The van der Waals surface area contributed by atoms with Gasteiger partial charge in [-0.3, -0.25) is 35.0 Å². The molecule has 1 fully saturated rings. The molecule has 1 atom stereocenters. The third-order valence-electron chi connectivity index (χ3n) is 3.61. The molecule has 0 spiro atoms. The van der Waals surface area contributed by atoms with Gasteiger partial charge in [-0.2, -0.15) is 0 Å². The molecule has 2 rings (SSSR count). The molecule has 25 heavy (non-hydrogen) atoms. The number of aromatic nitrogens is 1. The zero-order chi connectivity index (χ0) is 18.4. The van der Waals surface area contributed by atoms with Gasteiger partial charge in [0.25, 0.3) is 5.91 Å². The van der Waals surface area contributed by atoms with E-state index >= 15 is 0 Å². The maximum absolute atomic E-state index is 12.4. The van der Waals surface area contributed by atoms with E-state index in [1.54, 1.807) is 0 Å². The summed E-state index contributed by atoms with van der Waals surface area (Å²) in [6.07, 6.45) is 4.33. The lowest BCUT2D eigenvalue weighted by Crippen LogP contribution is -2.60. The summed E-state index contributed by atoms with van der Waals surface area (Å²) in [6, 6.07) is 2.26. The molecule has 2 heterocycles. The van der Waals surface area contributed by atoms with Gasteiger partial charge in [0.05, 0.1) is 0 Å². The number of unbranched alkanes of at least 4 members (excludes halogenated alkanes) is 1. The van der Waals surface area contributed by atoms with E-state index in [1.165, 1.54) is 24.5 Å². The second kappa shape index (κ2) is 8.04. The molecule has 1 aliphatic rings. The molecule has 1 aliphatic heterocycles. The van der Waals surface area contributed by atoms with Gasteiger partial charge >= 0.3 is 6.03 Å². The molecule has 5 amide bonds. The van der Waals surface area contributed by atoms with Gasteiger partial charge in [0.2, 0.25) is 11.8 Å². The van der Waals surface area contributed by atoms with Crippen molar-refractivity contribution >= 4 is 23.8 Å². The van der Waals surface area contributed by atoms with Gasteiger partial charge in [-0.15, -0.1) is 0 Å². The fraction of sp³-hybridized carbons (Fsp3) is 0.312. The molecular weight excluding hydrogens is 326 g/mol. The van der Waals surface area contributed by atoms with Gasteiger partial charge in [-0.1, -0.05) is 19.9 Å². The number of nitrogens with zero attached hydrogens (tertiary/aromatic N) is 2.